The Labute approximate surface area is 170 Å². The highest BCUT2D eigenvalue weighted by atomic mass is 16.5. The molecule has 152 valence electrons. The summed E-state index contributed by atoms with van der Waals surface area (Å²) in [4.78, 5) is 25.7. The van der Waals surface area contributed by atoms with Gasteiger partial charge in [-0.05, 0) is 37.6 Å². The molecule has 3 rings (SSSR count). The normalized spacial score (nSPS) is 11.7. The molecule has 0 bridgehead atoms. The summed E-state index contributed by atoms with van der Waals surface area (Å²) in [6.45, 7) is 8.30. The van der Waals surface area contributed by atoms with E-state index < -0.39 is 0 Å². The molecular formula is C23H27N3O3. The number of methoxy groups -OCH3 is 1. The van der Waals surface area contributed by atoms with Crippen LogP contribution < -0.4 is 15.6 Å². The number of rotatable bonds is 6. The largest absolute Gasteiger partial charge is 0.497 e. The summed E-state index contributed by atoms with van der Waals surface area (Å²) in [6.07, 6.45) is 0. The molecule has 0 saturated heterocycles. The Morgan fingerprint density at radius 1 is 1.10 bits per heavy atom. The third-order valence-electron chi connectivity index (χ3n) is 5.10. The summed E-state index contributed by atoms with van der Waals surface area (Å²) in [7, 11) is 1.63. The van der Waals surface area contributed by atoms with Gasteiger partial charge in [0.2, 0.25) is 0 Å². The highest BCUT2D eigenvalue weighted by Crippen LogP contribution is 2.25. The molecule has 0 unspecified atom stereocenters. The van der Waals surface area contributed by atoms with Crippen LogP contribution in [0.5, 0.6) is 5.75 Å². The Bertz CT molecular complexity index is 1080. The van der Waals surface area contributed by atoms with Crippen molar-refractivity contribution in [2.75, 3.05) is 13.7 Å². The molecule has 1 N–H and O–H groups in total. The minimum Gasteiger partial charge on any atom is -0.497 e. The molecule has 2 aromatic carbocycles. The molecule has 1 amide bonds. The zero-order chi connectivity index (χ0) is 21.2. The van der Waals surface area contributed by atoms with Crippen LogP contribution in [0.1, 0.15) is 49.8 Å². The molecule has 6 heteroatoms. The van der Waals surface area contributed by atoms with Crippen LogP contribution in [0.15, 0.2) is 53.3 Å². The van der Waals surface area contributed by atoms with Gasteiger partial charge >= 0.3 is 0 Å². The van der Waals surface area contributed by atoms with Crippen LogP contribution in [-0.4, -0.2) is 29.3 Å². The minimum atomic E-state index is -0.294. The molecule has 0 aliphatic rings. The number of hydrogen-bond acceptors (Lipinski definition) is 4. The van der Waals surface area contributed by atoms with Crippen molar-refractivity contribution in [2.45, 2.75) is 39.2 Å². The van der Waals surface area contributed by atoms with Crippen molar-refractivity contribution in [3.63, 3.8) is 0 Å². The van der Waals surface area contributed by atoms with Gasteiger partial charge in [0.25, 0.3) is 11.5 Å². The lowest BCUT2D eigenvalue weighted by Gasteiger charge is -2.26. The van der Waals surface area contributed by atoms with E-state index in [1.807, 2.05) is 38.1 Å². The van der Waals surface area contributed by atoms with Gasteiger partial charge in [0.05, 0.1) is 18.5 Å². The van der Waals surface area contributed by atoms with E-state index in [1.54, 1.807) is 31.4 Å². The molecule has 0 atom stereocenters. The van der Waals surface area contributed by atoms with Gasteiger partial charge in [0.15, 0.2) is 5.69 Å². The van der Waals surface area contributed by atoms with E-state index in [2.05, 4.69) is 24.3 Å². The Hall–Kier alpha value is -3.15. The van der Waals surface area contributed by atoms with Crippen LogP contribution in [0.2, 0.25) is 0 Å². The fourth-order valence-electron chi connectivity index (χ4n) is 3.25. The number of nitrogens with zero attached hydrogens (tertiary/aromatic N) is 2. The second kappa shape index (κ2) is 8.07. The zero-order valence-electron chi connectivity index (χ0n) is 17.5. The van der Waals surface area contributed by atoms with Crippen molar-refractivity contribution in [2.24, 2.45) is 0 Å². The van der Waals surface area contributed by atoms with Crippen molar-refractivity contribution in [3.05, 3.63) is 70.1 Å². The van der Waals surface area contributed by atoms with Crippen LogP contribution in [0.4, 0.5) is 0 Å². The number of ether oxygens (including phenoxy) is 1. The smallest absolute Gasteiger partial charge is 0.274 e. The van der Waals surface area contributed by atoms with Crippen LogP contribution in [0.3, 0.4) is 0 Å². The summed E-state index contributed by atoms with van der Waals surface area (Å²) >= 11 is 0. The predicted molar refractivity (Wildman–Crippen MR) is 115 cm³/mol. The molecular weight excluding hydrogens is 366 g/mol. The summed E-state index contributed by atoms with van der Waals surface area (Å²) in [5.74, 6) is 0.498. The summed E-state index contributed by atoms with van der Waals surface area (Å²) < 4.78 is 6.58. The van der Waals surface area contributed by atoms with Gasteiger partial charge in [-0.3, -0.25) is 9.59 Å². The first kappa shape index (κ1) is 20.6. The number of carbonyl (C=O) groups is 1. The SMILES string of the molecule is COc1ccc(C(C)(C)CNC(=O)c2nn(C(C)C)c(=O)c3ccccc23)cc1. The number of benzene rings is 2. The molecule has 3 aromatic rings. The van der Waals surface area contributed by atoms with Crippen LogP contribution >= 0.6 is 0 Å². The number of fused-ring (bicyclic) bond motifs is 1. The minimum absolute atomic E-state index is 0.144. The third-order valence-corrected chi connectivity index (χ3v) is 5.10. The maximum absolute atomic E-state index is 13.0. The monoisotopic (exact) mass is 393 g/mol. The lowest BCUT2D eigenvalue weighted by Crippen LogP contribution is -2.38. The first-order chi connectivity index (χ1) is 13.7. The fourth-order valence-corrected chi connectivity index (χ4v) is 3.25. The number of amides is 1. The summed E-state index contributed by atoms with van der Waals surface area (Å²) in [6, 6.07) is 14.8. The molecule has 0 radical (unpaired) electrons. The van der Waals surface area contributed by atoms with Crippen molar-refractivity contribution in [3.8, 4) is 5.75 Å². The molecule has 6 nitrogen and oxygen atoms in total. The lowest BCUT2D eigenvalue weighted by molar-refractivity contribution is 0.0940. The van der Waals surface area contributed by atoms with E-state index in [0.717, 1.165) is 11.3 Å². The van der Waals surface area contributed by atoms with E-state index in [-0.39, 0.29) is 28.6 Å². The van der Waals surface area contributed by atoms with Crippen LogP contribution in [0.25, 0.3) is 10.8 Å². The van der Waals surface area contributed by atoms with Gasteiger partial charge in [-0.15, -0.1) is 0 Å². The van der Waals surface area contributed by atoms with Crippen molar-refractivity contribution in [1.29, 1.82) is 0 Å². The molecule has 0 spiro atoms. The number of nitrogens with one attached hydrogen (secondary N) is 1. The molecule has 1 aromatic heterocycles. The Morgan fingerprint density at radius 3 is 2.31 bits per heavy atom. The van der Waals surface area contributed by atoms with Crippen LogP contribution in [0, 0.1) is 0 Å². The van der Waals surface area contributed by atoms with Gasteiger partial charge in [0.1, 0.15) is 5.75 Å². The predicted octanol–water partition coefficient (Wildman–Crippen LogP) is 3.69. The first-order valence-corrected chi connectivity index (χ1v) is 9.69. The number of hydrogen-bond donors (Lipinski definition) is 1. The molecule has 0 aliphatic heterocycles. The number of carbonyl (C=O) groups excluding carboxylic acids is 1. The first-order valence-electron chi connectivity index (χ1n) is 9.69. The molecule has 0 aliphatic carbocycles. The maximum atomic E-state index is 13.0. The quantitative estimate of drug-likeness (QED) is 0.693. The molecule has 29 heavy (non-hydrogen) atoms. The van der Waals surface area contributed by atoms with Crippen molar-refractivity contribution < 1.29 is 9.53 Å². The van der Waals surface area contributed by atoms with Gasteiger partial charge < -0.3 is 10.1 Å². The van der Waals surface area contributed by atoms with E-state index >= 15 is 0 Å². The summed E-state index contributed by atoms with van der Waals surface area (Å²) in [5, 5.41) is 8.43. The Kier molecular flexibility index (Phi) is 5.73. The molecule has 0 fully saturated rings. The van der Waals surface area contributed by atoms with Crippen molar-refractivity contribution >= 4 is 16.7 Å². The highest BCUT2D eigenvalue weighted by Gasteiger charge is 2.24. The van der Waals surface area contributed by atoms with Gasteiger partial charge in [-0.2, -0.15) is 5.10 Å². The zero-order valence-corrected chi connectivity index (χ0v) is 17.5. The van der Waals surface area contributed by atoms with Gasteiger partial charge in [-0.25, -0.2) is 4.68 Å². The second-order valence-electron chi connectivity index (χ2n) is 8.03. The van der Waals surface area contributed by atoms with E-state index in [1.165, 1.54) is 4.68 Å². The molecule has 0 saturated carbocycles. The van der Waals surface area contributed by atoms with Gasteiger partial charge in [-0.1, -0.05) is 44.2 Å². The lowest BCUT2D eigenvalue weighted by atomic mass is 9.84. The second-order valence-corrected chi connectivity index (χ2v) is 8.03. The summed E-state index contributed by atoms with van der Waals surface area (Å²) in [5.41, 5.74) is 0.873. The average Bonchev–Trinajstić information content (AvgIpc) is 2.72. The Balaban J connectivity index is 1.89. The standard InChI is InChI=1S/C23H27N3O3/c1-15(2)26-22(28)19-9-7-6-8-18(19)20(25-26)21(27)24-14-23(3,4)16-10-12-17(29-5)13-11-16/h6-13,15H,14H2,1-5H3,(H,24,27). The Morgan fingerprint density at radius 2 is 1.72 bits per heavy atom. The van der Waals surface area contributed by atoms with Gasteiger partial charge in [0, 0.05) is 17.3 Å². The maximum Gasteiger partial charge on any atom is 0.274 e. The van der Waals surface area contributed by atoms with E-state index in [9.17, 15) is 9.59 Å². The van der Waals surface area contributed by atoms with E-state index in [0.29, 0.717) is 17.3 Å². The fraction of sp³-hybridized carbons (Fsp3) is 0.348. The average molecular weight is 393 g/mol. The number of aromatic nitrogens is 2. The van der Waals surface area contributed by atoms with Crippen molar-refractivity contribution in [1.82, 2.24) is 15.1 Å². The van der Waals surface area contributed by atoms with E-state index in [4.69, 9.17) is 4.74 Å². The van der Waals surface area contributed by atoms with Crippen LogP contribution in [-0.2, 0) is 5.41 Å². The third kappa shape index (κ3) is 4.16. The molecule has 1 heterocycles. The topological polar surface area (TPSA) is 73.2 Å². The highest BCUT2D eigenvalue weighted by molar-refractivity contribution is 6.04.